The Morgan fingerprint density at radius 1 is 1.14 bits per heavy atom. The average molecular weight is 308 g/mol. The molecule has 2 amide bonds. The van der Waals surface area contributed by atoms with Crippen molar-refractivity contribution in [2.75, 3.05) is 27.2 Å². The number of hydrogen-bond donors (Lipinski definition) is 0. The zero-order valence-electron chi connectivity index (χ0n) is 14.6. The summed E-state index contributed by atoms with van der Waals surface area (Å²) in [4.78, 5) is 27.8. The highest BCUT2D eigenvalue weighted by atomic mass is 16.3. The van der Waals surface area contributed by atoms with Crippen molar-refractivity contribution in [2.45, 2.75) is 40.5 Å². The van der Waals surface area contributed by atoms with E-state index in [1.807, 2.05) is 6.92 Å². The highest BCUT2D eigenvalue weighted by molar-refractivity contribution is 5.95. The van der Waals surface area contributed by atoms with E-state index in [0.717, 1.165) is 12.0 Å². The predicted octanol–water partition coefficient (Wildman–Crippen LogP) is 2.94. The molecule has 0 fully saturated rings. The number of carbonyl (C=O) groups excluding carboxylic acids is 2. The highest BCUT2D eigenvalue weighted by Gasteiger charge is 2.22. The summed E-state index contributed by atoms with van der Waals surface area (Å²) in [5.41, 5.74) is 1.41. The van der Waals surface area contributed by atoms with Crippen LogP contribution in [0.25, 0.3) is 0 Å². The lowest BCUT2D eigenvalue weighted by molar-refractivity contribution is -0.132. The Morgan fingerprint density at radius 2 is 1.73 bits per heavy atom. The molecule has 0 spiro atoms. The number of hydrogen-bond acceptors (Lipinski definition) is 3. The molecular formula is C17H28N2O3. The summed E-state index contributed by atoms with van der Waals surface area (Å²) in [6, 6.07) is 0. The molecule has 0 aromatic carbocycles. The number of likely N-dealkylation sites (N-methyl/N-ethyl adjacent to an activating group) is 2. The van der Waals surface area contributed by atoms with Gasteiger partial charge in [-0.1, -0.05) is 27.2 Å². The van der Waals surface area contributed by atoms with Gasteiger partial charge in [0.1, 0.15) is 6.26 Å². The first kappa shape index (κ1) is 18.3. The van der Waals surface area contributed by atoms with E-state index >= 15 is 0 Å². The van der Waals surface area contributed by atoms with Crippen molar-refractivity contribution in [1.82, 2.24) is 9.80 Å². The standard InChI is InChI=1S/C17H28N2O3/c1-7-17(3,4)10-15(20)18(5)8-9-19(6)16(21)14-12-22-11-13(14)2/h11-12H,7-10H2,1-6H3. The number of rotatable bonds is 7. The summed E-state index contributed by atoms with van der Waals surface area (Å²) in [5, 5.41) is 0. The Morgan fingerprint density at radius 3 is 2.23 bits per heavy atom. The molecule has 0 unspecified atom stereocenters. The van der Waals surface area contributed by atoms with Crippen molar-refractivity contribution < 1.29 is 14.0 Å². The van der Waals surface area contributed by atoms with Crippen LogP contribution in [0.3, 0.4) is 0 Å². The second-order valence-electron chi connectivity index (χ2n) is 6.71. The lowest BCUT2D eigenvalue weighted by atomic mass is 9.86. The first-order valence-corrected chi connectivity index (χ1v) is 7.70. The van der Waals surface area contributed by atoms with Crippen LogP contribution in [0.15, 0.2) is 16.9 Å². The van der Waals surface area contributed by atoms with Gasteiger partial charge in [0, 0.05) is 33.6 Å². The van der Waals surface area contributed by atoms with E-state index in [9.17, 15) is 9.59 Å². The number of carbonyl (C=O) groups is 2. The fourth-order valence-electron chi connectivity index (χ4n) is 1.98. The molecule has 5 nitrogen and oxygen atoms in total. The summed E-state index contributed by atoms with van der Waals surface area (Å²) in [7, 11) is 3.53. The van der Waals surface area contributed by atoms with Gasteiger partial charge in [0.2, 0.25) is 5.91 Å². The van der Waals surface area contributed by atoms with Gasteiger partial charge in [0.15, 0.2) is 0 Å². The molecule has 0 saturated carbocycles. The Hall–Kier alpha value is -1.78. The quantitative estimate of drug-likeness (QED) is 0.778. The smallest absolute Gasteiger partial charge is 0.257 e. The van der Waals surface area contributed by atoms with Crippen molar-refractivity contribution in [1.29, 1.82) is 0 Å². The molecule has 1 aromatic rings. The van der Waals surface area contributed by atoms with Gasteiger partial charge in [0.05, 0.1) is 11.8 Å². The maximum Gasteiger partial charge on any atom is 0.257 e. The van der Waals surface area contributed by atoms with Crippen molar-refractivity contribution in [2.24, 2.45) is 5.41 Å². The minimum atomic E-state index is -0.0824. The molecule has 124 valence electrons. The Labute approximate surface area is 133 Å². The van der Waals surface area contributed by atoms with Crippen molar-refractivity contribution in [3.63, 3.8) is 0 Å². The molecule has 0 aliphatic carbocycles. The zero-order valence-corrected chi connectivity index (χ0v) is 14.6. The molecule has 0 N–H and O–H groups in total. The van der Waals surface area contributed by atoms with E-state index in [0.29, 0.717) is 25.1 Å². The Kier molecular flexibility index (Phi) is 6.21. The molecular weight excluding hydrogens is 280 g/mol. The van der Waals surface area contributed by atoms with E-state index < -0.39 is 0 Å². The van der Waals surface area contributed by atoms with Gasteiger partial charge >= 0.3 is 0 Å². The van der Waals surface area contributed by atoms with Crippen LogP contribution in [-0.2, 0) is 4.79 Å². The second-order valence-corrected chi connectivity index (χ2v) is 6.71. The first-order valence-electron chi connectivity index (χ1n) is 7.70. The largest absolute Gasteiger partial charge is 0.471 e. The van der Waals surface area contributed by atoms with Gasteiger partial charge in [-0.25, -0.2) is 0 Å². The molecule has 0 atom stereocenters. The van der Waals surface area contributed by atoms with Gasteiger partial charge in [0.25, 0.3) is 5.91 Å². The SMILES string of the molecule is CCC(C)(C)CC(=O)N(C)CCN(C)C(=O)c1cocc1C. The summed E-state index contributed by atoms with van der Waals surface area (Å²) in [6.45, 7) is 9.14. The average Bonchev–Trinajstić information content (AvgIpc) is 2.89. The molecule has 22 heavy (non-hydrogen) atoms. The topological polar surface area (TPSA) is 53.8 Å². The minimum absolute atomic E-state index is 0.0149. The van der Waals surface area contributed by atoms with Crippen LogP contribution in [-0.4, -0.2) is 48.8 Å². The normalized spacial score (nSPS) is 11.4. The second kappa shape index (κ2) is 7.47. The predicted molar refractivity (Wildman–Crippen MR) is 86.7 cm³/mol. The maximum absolute atomic E-state index is 12.2. The van der Waals surface area contributed by atoms with Gasteiger partial charge in [-0.15, -0.1) is 0 Å². The van der Waals surface area contributed by atoms with Crippen molar-refractivity contribution >= 4 is 11.8 Å². The van der Waals surface area contributed by atoms with Crippen LogP contribution in [0.1, 0.15) is 49.5 Å². The zero-order chi connectivity index (χ0) is 16.9. The van der Waals surface area contributed by atoms with Crippen LogP contribution in [0.4, 0.5) is 0 Å². The number of furan rings is 1. The minimum Gasteiger partial charge on any atom is -0.471 e. The summed E-state index contributed by atoms with van der Waals surface area (Å²) >= 11 is 0. The van der Waals surface area contributed by atoms with Crippen molar-refractivity contribution in [3.8, 4) is 0 Å². The molecule has 0 bridgehead atoms. The maximum atomic E-state index is 12.2. The number of amides is 2. The molecule has 0 aliphatic rings. The van der Waals surface area contributed by atoms with E-state index in [4.69, 9.17) is 4.42 Å². The fraction of sp³-hybridized carbons (Fsp3) is 0.647. The van der Waals surface area contributed by atoms with E-state index in [1.54, 1.807) is 30.2 Å². The van der Waals surface area contributed by atoms with Gasteiger partial charge in [-0.2, -0.15) is 0 Å². The highest BCUT2D eigenvalue weighted by Crippen LogP contribution is 2.25. The summed E-state index contributed by atoms with van der Waals surface area (Å²) < 4.78 is 5.04. The third-order valence-electron chi connectivity index (χ3n) is 4.22. The van der Waals surface area contributed by atoms with Crippen molar-refractivity contribution in [3.05, 3.63) is 23.7 Å². The monoisotopic (exact) mass is 308 g/mol. The number of aryl methyl sites for hydroxylation is 1. The third-order valence-corrected chi connectivity index (χ3v) is 4.22. The lowest BCUT2D eigenvalue weighted by Crippen LogP contribution is -2.38. The van der Waals surface area contributed by atoms with Crippen LogP contribution < -0.4 is 0 Å². The molecule has 1 rings (SSSR count). The molecule has 0 radical (unpaired) electrons. The molecule has 5 heteroatoms. The van der Waals surface area contributed by atoms with Gasteiger partial charge in [-0.05, 0) is 17.9 Å². The van der Waals surface area contributed by atoms with E-state index in [1.165, 1.54) is 6.26 Å². The lowest BCUT2D eigenvalue weighted by Gasteiger charge is -2.27. The van der Waals surface area contributed by atoms with Gasteiger partial charge in [-0.3, -0.25) is 9.59 Å². The number of nitrogens with zero attached hydrogens (tertiary/aromatic N) is 2. The third kappa shape index (κ3) is 4.90. The van der Waals surface area contributed by atoms with Crippen LogP contribution in [0.2, 0.25) is 0 Å². The molecule has 1 aromatic heterocycles. The van der Waals surface area contributed by atoms with E-state index in [-0.39, 0.29) is 17.2 Å². The Balaban J connectivity index is 2.50. The summed E-state index contributed by atoms with van der Waals surface area (Å²) in [6.07, 6.45) is 4.51. The molecule has 0 saturated heterocycles. The van der Waals surface area contributed by atoms with Gasteiger partial charge < -0.3 is 14.2 Å². The first-order chi connectivity index (χ1) is 10.2. The van der Waals surface area contributed by atoms with Crippen LogP contribution >= 0.6 is 0 Å². The summed E-state index contributed by atoms with van der Waals surface area (Å²) in [5.74, 6) is 0.0353. The Bertz CT molecular complexity index is 520. The van der Waals surface area contributed by atoms with Crippen LogP contribution in [0, 0.1) is 12.3 Å². The fourth-order valence-corrected chi connectivity index (χ4v) is 1.98. The van der Waals surface area contributed by atoms with E-state index in [2.05, 4.69) is 20.8 Å². The molecule has 0 aliphatic heterocycles. The molecule has 1 heterocycles. The van der Waals surface area contributed by atoms with Crippen LogP contribution in [0.5, 0.6) is 0 Å².